The van der Waals surface area contributed by atoms with Crippen molar-refractivity contribution in [1.29, 1.82) is 0 Å². The van der Waals surface area contributed by atoms with Crippen LogP contribution in [-0.4, -0.2) is 17.1 Å². The van der Waals surface area contributed by atoms with Crippen molar-refractivity contribution in [3.8, 4) is 0 Å². The summed E-state index contributed by atoms with van der Waals surface area (Å²) in [6.45, 7) is 3.86. The average molecular weight is 291 g/mol. The van der Waals surface area contributed by atoms with Gasteiger partial charge in [-0.15, -0.1) is 0 Å². The molecule has 1 aromatic heterocycles. The van der Waals surface area contributed by atoms with Crippen LogP contribution in [0, 0.1) is 0 Å². The lowest BCUT2D eigenvalue weighted by Crippen LogP contribution is -2.22. The van der Waals surface area contributed by atoms with Gasteiger partial charge >= 0.3 is 0 Å². The number of aliphatic hydroxyl groups excluding tert-OH is 1. The molecule has 1 heterocycles. The van der Waals surface area contributed by atoms with Gasteiger partial charge in [0, 0.05) is 18.3 Å². The van der Waals surface area contributed by atoms with E-state index in [1.54, 1.807) is 13.1 Å². The predicted molar refractivity (Wildman–Crippen MR) is 83.1 cm³/mol. The van der Waals surface area contributed by atoms with Crippen LogP contribution in [0.25, 0.3) is 0 Å². The largest absolute Gasteiger partial charge is 0.389 e. The zero-order chi connectivity index (χ0) is 14.7. The van der Waals surface area contributed by atoms with Crippen LogP contribution in [0.1, 0.15) is 37.1 Å². The Hall–Kier alpha value is -1.58. The summed E-state index contributed by atoms with van der Waals surface area (Å²) in [6, 6.07) is 11.7. The fourth-order valence-electron chi connectivity index (χ4n) is 2.05. The van der Waals surface area contributed by atoms with Crippen molar-refractivity contribution in [3.63, 3.8) is 0 Å². The van der Waals surface area contributed by atoms with Crippen LogP contribution >= 0.6 is 11.6 Å². The summed E-state index contributed by atoms with van der Waals surface area (Å²) in [5, 5.41) is 10.4. The normalized spacial score (nSPS) is 13.8. The molecule has 0 aliphatic carbocycles. The van der Waals surface area contributed by atoms with Crippen LogP contribution < -0.4 is 4.90 Å². The first kappa shape index (κ1) is 14.8. The number of halogens is 1. The molecule has 0 saturated heterocycles. The molecule has 2 aromatic rings. The highest BCUT2D eigenvalue weighted by molar-refractivity contribution is 6.30. The van der Waals surface area contributed by atoms with E-state index < -0.39 is 6.10 Å². The molecule has 106 valence electrons. The second-order valence-corrected chi connectivity index (χ2v) is 5.40. The minimum absolute atomic E-state index is 0.170. The zero-order valence-electron chi connectivity index (χ0n) is 11.9. The lowest BCUT2D eigenvalue weighted by atomic mass is 10.1. The molecule has 0 aliphatic rings. The Morgan fingerprint density at radius 2 is 1.75 bits per heavy atom. The van der Waals surface area contributed by atoms with E-state index >= 15 is 0 Å². The van der Waals surface area contributed by atoms with Gasteiger partial charge in [0.15, 0.2) is 0 Å². The summed E-state index contributed by atoms with van der Waals surface area (Å²) >= 11 is 5.91. The third-order valence-electron chi connectivity index (χ3n) is 3.55. The molecule has 1 N–H and O–H groups in total. The number of benzene rings is 1. The quantitative estimate of drug-likeness (QED) is 0.925. The monoisotopic (exact) mass is 290 g/mol. The molecule has 2 unspecified atom stereocenters. The highest BCUT2D eigenvalue weighted by Crippen LogP contribution is 2.26. The summed E-state index contributed by atoms with van der Waals surface area (Å²) < 4.78 is 0. The summed E-state index contributed by atoms with van der Waals surface area (Å²) in [6.07, 6.45) is 1.23. The molecule has 0 aliphatic heterocycles. The summed E-state index contributed by atoms with van der Waals surface area (Å²) in [5.41, 5.74) is 2.03. The van der Waals surface area contributed by atoms with Gasteiger partial charge in [-0.3, -0.25) is 0 Å². The van der Waals surface area contributed by atoms with Gasteiger partial charge in [0.1, 0.15) is 5.82 Å². The fourth-order valence-corrected chi connectivity index (χ4v) is 2.18. The minimum atomic E-state index is -0.490. The third-order valence-corrected chi connectivity index (χ3v) is 3.80. The zero-order valence-corrected chi connectivity index (χ0v) is 12.7. The van der Waals surface area contributed by atoms with Crippen molar-refractivity contribution >= 4 is 17.4 Å². The molecule has 0 saturated carbocycles. The molecule has 2 rings (SSSR count). The van der Waals surface area contributed by atoms with Crippen LogP contribution in [0.4, 0.5) is 5.82 Å². The Balaban J connectivity index is 2.24. The van der Waals surface area contributed by atoms with Crippen molar-refractivity contribution < 1.29 is 5.11 Å². The first-order valence-corrected chi connectivity index (χ1v) is 6.99. The Morgan fingerprint density at radius 1 is 1.10 bits per heavy atom. The van der Waals surface area contributed by atoms with E-state index in [2.05, 4.69) is 16.8 Å². The van der Waals surface area contributed by atoms with Gasteiger partial charge in [-0.2, -0.15) is 0 Å². The minimum Gasteiger partial charge on any atom is -0.389 e. The van der Waals surface area contributed by atoms with E-state index in [0.29, 0.717) is 0 Å². The maximum atomic E-state index is 9.66. The Labute approximate surface area is 124 Å². The van der Waals surface area contributed by atoms with Gasteiger partial charge < -0.3 is 10.0 Å². The number of pyridine rings is 1. The average Bonchev–Trinajstić information content (AvgIpc) is 2.46. The van der Waals surface area contributed by atoms with E-state index in [1.165, 1.54) is 5.56 Å². The molecule has 2 atom stereocenters. The van der Waals surface area contributed by atoms with E-state index in [-0.39, 0.29) is 6.04 Å². The first-order chi connectivity index (χ1) is 9.49. The highest BCUT2D eigenvalue weighted by Gasteiger charge is 2.14. The molecule has 3 nitrogen and oxygen atoms in total. The molecule has 20 heavy (non-hydrogen) atoms. The van der Waals surface area contributed by atoms with Crippen LogP contribution in [0.15, 0.2) is 42.6 Å². The van der Waals surface area contributed by atoms with Gasteiger partial charge in [-0.25, -0.2) is 4.98 Å². The maximum Gasteiger partial charge on any atom is 0.129 e. The Bertz CT molecular complexity index is 569. The van der Waals surface area contributed by atoms with E-state index in [0.717, 1.165) is 16.4 Å². The SMILES string of the molecule is CC(O)c1ccnc(N(C)C(C)c2ccc(Cl)cc2)c1. The molecule has 0 spiro atoms. The summed E-state index contributed by atoms with van der Waals surface area (Å²) in [7, 11) is 1.99. The van der Waals surface area contributed by atoms with Crippen molar-refractivity contribution in [3.05, 3.63) is 58.7 Å². The number of nitrogens with zero attached hydrogens (tertiary/aromatic N) is 2. The number of anilines is 1. The molecule has 1 aromatic carbocycles. The van der Waals surface area contributed by atoms with Gasteiger partial charge in [0.2, 0.25) is 0 Å². The van der Waals surface area contributed by atoms with Crippen molar-refractivity contribution in [2.24, 2.45) is 0 Å². The molecule has 0 radical (unpaired) electrons. The van der Waals surface area contributed by atoms with Crippen molar-refractivity contribution in [2.45, 2.75) is 26.0 Å². The molecule has 0 bridgehead atoms. The lowest BCUT2D eigenvalue weighted by Gasteiger charge is -2.27. The second-order valence-electron chi connectivity index (χ2n) is 4.96. The van der Waals surface area contributed by atoms with Crippen LogP contribution in [0.3, 0.4) is 0 Å². The maximum absolute atomic E-state index is 9.66. The van der Waals surface area contributed by atoms with Crippen molar-refractivity contribution in [2.75, 3.05) is 11.9 Å². The topological polar surface area (TPSA) is 36.4 Å². The van der Waals surface area contributed by atoms with Crippen LogP contribution in [0.5, 0.6) is 0 Å². The standard InChI is InChI=1S/C16H19ClN2O/c1-11(13-4-6-15(17)7-5-13)19(3)16-10-14(12(2)20)8-9-18-16/h4-12,20H,1-3H3. The molecular formula is C16H19ClN2O. The molecule has 0 amide bonds. The van der Waals surface area contributed by atoms with E-state index in [1.807, 2.05) is 43.4 Å². The van der Waals surface area contributed by atoms with E-state index in [9.17, 15) is 5.11 Å². The fraction of sp³-hybridized carbons (Fsp3) is 0.312. The molecule has 4 heteroatoms. The Morgan fingerprint density at radius 3 is 2.35 bits per heavy atom. The van der Waals surface area contributed by atoms with Gasteiger partial charge in [-0.1, -0.05) is 23.7 Å². The molecule has 0 fully saturated rings. The van der Waals surface area contributed by atoms with Gasteiger partial charge in [0.25, 0.3) is 0 Å². The number of aliphatic hydroxyl groups is 1. The third kappa shape index (κ3) is 3.30. The number of hydrogen-bond acceptors (Lipinski definition) is 3. The predicted octanol–water partition coefficient (Wildman–Crippen LogP) is 3.99. The van der Waals surface area contributed by atoms with E-state index in [4.69, 9.17) is 11.6 Å². The van der Waals surface area contributed by atoms with Crippen molar-refractivity contribution in [1.82, 2.24) is 4.98 Å². The lowest BCUT2D eigenvalue weighted by molar-refractivity contribution is 0.199. The summed E-state index contributed by atoms with van der Waals surface area (Å²) in [5.74, 6) is 0.839. The summed E-state index contributed by atoms with van der Waals surface area (Å²) in [4.78, 5) is 6.45. The van der Waals surface area contributed by atoms with Gasteiger partial charge in [0.05, 0.1) is 12.1 Å². The van der Waals surface area contributed by atoms with Gasteiger partial charge in [-0.05, 0) is 49.2 Å². The molecular weight excluding hydrogens is 272 g/mol. The number of hydrogen-bond donors (Lipinski definition) is 1. The second kappa shape index (κ2) is 6.25. The van der Waals surface area contributed by atoms with Crippen LogP contribution in [0.2, 0.25) is 5.02 Å². The number of aromatic nitrogens is 1. The highest BCUT2D eigenvalue weighted by atomic mass is 35.5. The Kier molecular flexibility index (Phi) is 4.63. The smallest absolute Gasteiger partial charge is 0.129 e. The number of rotatable bonds is 4. The van der Waals surface area contributed by atoms with Crippen LogP contribution in [-0.2, 0) is 0 Å². The first-order valence-electron chi connectivity index (χ1n) is 6.61.